The van der Waals surface area contributed by atoms with Crippen LogP contribution in [-0.2, 0) is 19.6 Å². The number of carbonyl (C=O) groups excluding carboxylic acids is 2. The smallest absolute Gasteiger partial charge is 0.247 e. The third kappa shape index (κ3) is 6.01. The summed E-state index contributed by atoms with van der Waals surface area (Å²) in [4.78, 5) is 26.0. The molecule has 9 heteroatoms. The number of carbonyl (C=O) groups is 2. The molecule has 184 valence electrons. The first kappa shape index (κ1) is 25.8. The molecule has 0 radical (unpaired) electrons. The van der Waals surface area contributed by atoms with Gasteiger partial charge in [-0.3, -0.25) is 9.59 Å². The monoisotopic (exact) mass is 489 g/mol. The molecule has 34 heavy (non-hydrogen) atoms. The number of anilines is 1. The number of rotatable bonds is 7. The fourth-order valence-electron chi connectivity index (χ4n) is 3.91. The van der Waals surface area contributed by atoms with Crippen molar-refractivity contribution in [2.45, 2.75) is 51.5 Å². The van der Waals surface area contributed by atoms with Crippen molar-refractivity contribution in [2.75, 3.05) is 18.4 Å². The van der Waals surface area contributed by atoms with Crippen molar-refractivity contribution in [1.29, 1.82) is 0 Å². The second-order valence-corrected chi connectivity index (χ2v) is 11.1. The average Bonchev–Trinajstić information content (AvgIpc) is 2.79. The first-order chi connectivity index (χ1) is 16.0. The molecule has 3 rings (SSSR count). The highest BCUT2D eigenvalue weighted by molar-refractivity contribution is 7.89. The van der Waals surface area contributed by atoms with E-state index in [4.69, 9.17) is 0 Å². The normalized spacial score (nSPS) is 16.3. The molecule has 2 amide bonds. The molecule has 1 saturated heterocycles. The Labute approximate surface area is 200 Å². The molecule has 2 aromatic carbocycles. The molecule has 7 nitrogen and oxygen atoms in total. The molecule has 1 fully saturated rings. The van der Waals surface area contributed by atoms with Crippen LogP contribution in [0.25, 0.3) is 0 Å². The molecule has 0 spiro atoms. The molecule has 0 saturated carbocycles. The van der Waals surface area contributed by atoms with E-state index < -0.39 is 33.7 Å². The SMILES string of the molecule is Cc1ccc(S(=O)(=O)N2CCC(C(=O)N[C@H](C(=O)Nc3ccc(C)c(F)c3)C(C)C)CC2)cc1. The highest BCUT2D eigenvalue weighted by Crippen LogP contribution is 2.25. The lowest BCUT2D eigenvalue weighted by molar-refractivity contribution is -0.130. The summed E-state index contributed by atoms with van der Waals surface area (Å²) in [5.41, 5.74) is 1.77. The first-order valence-electron chi connectivity index (χ1n) is 11.4. The van der Waals surface area contributed by atoms with Crippen molar-refractivity contribution in [3.8, 4) is 0 Å². The Morgan fingerprint density at radius 2 is 1.65 bits per heavy atom. The maximum Gasteiger partial charge on any atom is 0.247 e. The number of hydrogen-bond donors (Lipinski definition) is 2. The Bertz CT molecular complexity index is 1140. The second-order valence-electron chi connectivity index (χ2n) is 9.17. The number of aryl methyl sites for hydroxylation is 2. The van der Waals surface area contributed by atoms with Crippen LogP contribution in [0, 0.1) is 31.5 Å². The van der Waals surface area contributed by atoms with Crippen molar-refractivity contribution >= 4 is 27.5 Å². The van der Waals surface area contributed by atoms with Gasteiger partial charge in [0.2, 0.25) is 21.8 Å². The van der Waals surface area contributed by atoms with Gasteiger partial charge in [-0.25, -0.2) is 12.8 Å². The number of benzene rings is 2. The van der Waals surface area contributed by atoms with Crippen molar-refractivity contribution in [2.24, 2.45) is 11.8 Å². The number of nitrogens with zero attached hydrogens (tertiary/aromatic N) is 1. The molecule has 1 aliphatic rings. The van der Waals surface area contributed by atoms with Gasteiger partial charge in [0.1, 0.15) is 11.9 Å². The number of halogens is 1. The van der Waals surface area contributed by atoms with E-state index in [1.54, 1.807) is 43.3 Å². The second kappa shape index (κ2) is 10.7. The highest BCUT2D eigenvalue weighted by Gasteiger charge is 2.34. The van der Waals surface area contributed by atoms with Gasteiger partial charge < -0.3 is 10.6 Å². The number of nitrogens with one attached hydrogen (secondary N) is 2. The molecule has 1 heterocycles. The lowest BCUT2D eigenvalue weighted by atomic mass is 9.95. The minimum atomic E-state index is -3.61. The van der Waals surface area contributed by atoms with Crippen LogP contribution in [0.3, 0.4) is 0 Å². The maximum absolute atomic E-state index is 13.8. The lowest BCUT2D eigenvalue weighted by Crippen LogP contribution is -2.50. The molecule has 0 aromatic heterocycles. The van der Waals surface area contributed by atoms with Crippen molar-refractivity contribution in [3.05, 3.63) is 59.4 Å². The predicted octanol–water partition coefficient (Wildman–Crippen LogP) is 3.62. The molecule has 0 aliphatic carbocycles. The number of amides is 2. The molecular formula is C25H32FN3O4S. The molecule has 2 aromatic rings. The zero-order valence-corrected chi connectivity index (χ0v) is 20.8. The van der Waals surface area contributed by atoms with Crippen LogP contribution in [0.4, 0.5) is 10.1 Å². The van der Waals surface area contributed by atoms with E-state index in [0.29, 0.717) is 24.1 Å². The number of sulfonamides is 1. The fraction of sp³-hybridized carbons (Fsp3) is 0.440. The number of piperidine rings is 1. The summed E-state index contributed by atoms with van der Waals surface area (Å²) in [6.07, 6.45) is 0.735. The van der Waals surface area contributed by atoms with E-state index in [9.17, 15) is 22.4 Å². The van der Waals surface area contributed by atoms with Crippen LogP contribution >= 0.6 is 0 Å². The van der Waals surface area contributed by atoms with Crippen LogP contribution in [-0.4, -0.2) is 43.7 Å². The predicted molar refractivity (Wildman–Crippen MR) is 129 cm³/mol. The Morgan fingerprint density at radius 3 is 2.21 bits per heavy atom. The van der Waals surface area contributed by atoms with E-state index in [2.05, 4.69) is 10.6 Å². The van der Waals surface area contributed by atoms with Crippen LogP contribution in [0.15, 0.2) is 47.4 Å². The van der Waals surface area contributed by atoms with Gasteiger partial charge >= 0.3 is 0 Å². The van der Waals surface area contributed by atoms with Crippen molar-refractivity contribution in [3.63, 3.8) is 0 Å². The summed E-state index contributed by atoms with van der Waals surface area (Å²) >= 11 is 0. The Balaban J connectivity index is 1.60. The molecule has 2 N–H and O–H groups in total. The minimum absolute atomic E-state index is 0.193. The van der Waals surface area contributed by atoms with Gasteiger partial charge in [-0.15, -0.1) is 0 Å². The summed E-state index contributed by atoms with van der Waals surface area (Å²) < 4.78 is 41.0. The zero-order chi connectivity index (χ0) is 25.0. The van der Waals surface area contributed by atoms with Gasteiger partial charge in [0.15, 0.2) is 0 Å². The lowest BCUT2D eigenvalue weighted by Gasteiger charge is -2.32. The van der Waals surface area contributed by atoms with Gasteiger partial charge in [-0.2, -0.15) is 4.31 Å². The average molecular weight is 490 g/mol. The Hall–Kier alpha value is -2.78. The van der Waals surface area contributed by atoms with E-state index in [0.717, 1.165) is 5.56 Å². The number of hydrogen-bond acceptors (Lipinski definition) is 4. The third-order valence-electron chi connectivity index (χ3n) is 6.17. The highest BCUT2D eigenvalue weighted by atomic mass is 32.2. The van der Waals surface area contributed by atoms with Crippen molar-refractivity contribution in [1.82, 2.24) is 9.62 Å². The summed E-state index contributed by atoms with van der Waals surface area (Å²) in [6.45, 7) is 7.62. The van der Waals surface area contributed by atoms with E-state index in [1.165, 1.54) is 10.4 Å². The van der Waals surface area contributed by atoms with Gasteiger partial charge in [0.25, 0.3) is 0 Å². The fourth-order valence-corrected chi connectivity index (χ4v) is 5.38. The van der Waals surface area contributed by atoms with Gasteiger partial charge in [-0.1, -0.05) is 37.6 Å². The van der Waals surface area contributed by atoms with Gasteiger partial charge in [-0.05, 0) is 62.4 Å². The topological polar surface area (TPSA) is 95.6 Å². The largest absolute Gasteiger partial charge is 0.344 e. The van der Waals surface area contributed by atoms with E-state index >= 15 is 0 Å². The summed E-state index contributed by atoms with van der Waals surface area (Å²) in [7, 11) is -3.61. The van der Waals surface area contributed by atoms with Crippen LogP contribution in [0.2, 0.25) is 0 Å². The van der Waals surface area contributed by atoms with Crippen LogP contribution in [0.5, 0.6) is 0 Å². The first-order valence-corrected chi connectivity index (χ1v) is 12.9. The van der Waals surface area contributed by atoms with E-state index in [1.807, 2.05) is 20.8 Å². The minimum Gasteiger partial charge on any atom is -0.344 e. The molecular weight excluding hydrogens is 457 g/mol. The quantitative estimate of drug-likeness (QED) is 0.621. The van der Waals surface area contributed by atoms with Crippen molar-refractivity contribution < 1.29 is 22.4 Å². The van der Waals surface area contributed by atoms with E-state index in [-0.39, 0.29) is 29.8 Å². The van der Waals surface area contributed by atoms with Gasteiger partial charge in [0, 0.05) is 24.7 Å². The Morgan fingerprint density at radius 1 is 1.03 bits per heavy atom. The van der Waals surface area contributed by atoms with Gasteiger partial charge in [0.05, 0.1) is 4.90 Å². The summed E-state index contributed by atoms with van der Waals surface area (Å²) in [6, 6.07) is 10.3. The van der Waals surface area contributed by atoms with Crippen LogP contribution in [0.1, 0.15) is 37.8 Å². The molecule has 1 aliphatic heterocycles. The standard InChI is InChI=1S/C25H32FN3O4S/c1-16(2)23(25(31)27-20-8-7-18(4)22(26)15-20)28-24(30)19-11-13-29(14-12-19)34(32,33)21-9-5-17(3)6-10-21/h5-10,15-16,19,23H,11-14H2,1-4H3,(H,27,31)(H,28,30)/t23-/m0/s1. The summed E-state index contributed by atoms with van der Waals surface area (Å²) in [5.74, 6) is -1.71. The Kier molecular flexibility index (Phi) is 8.09. The zero-order valence-electron chi connectivity index (χ0n) is 20.0. The van der Waals surface area contributed by atoms with Crippen LogP contribution < -0.4 is 10.6 Å². The summed E-state index contributed by atoms with van der Waals surface area (Å²) in [5, 5.41) is 5.48. The third-order valence-corrected chi connectivity index (χ3v) is 8.08. The molecule has 0 unspecified atom stereocenters. The molecule has 1 atom stereocenters. The molecule has 0 bridgehead atoms. The maximum atomic E-state index is 13.8.